The van der Waals surface area contributed by atoms with Crippen molar-refractivity contribution in [1.82, 2.24) is 4.90 Å². The zero-order valence-corrected chi connectivity index (χ0v) is 12.3. The molecule has 2 aromatic rings. The zero-order chi connectivity index (χ0) is 15.9. The minimum atomic E-state index is -0.154. The van der Waals surface area contributed by atoms with Crippen LogP contribution in [-0.2, 0) is 0 Å². The van der Waals surface area contributed by atoms with E-state index in [9.17, 15) is 10.1 Å². The third-order valence-electron chi connectivity index (χ3n) is 3.40. The van der Waals surface area contributed by atoms with Crippen LogP contribution >= 0.6 is 0 Å². The SMILES string of the molecule is CN(CCC#N)C(=O)c1ccccc1-c1ccccc1C#N. The summed E-state index contributed by atoms with van der Waals surface area (Å²) < 4.78 is 0. The number of nitriles is 2. The molecule has 0 saturated heterocycles. The van der Waals surface area contributed by atoms with Crippen LogP contribution in [0.2, 0.25) is 0 Å². The highest BCUT2D eigenvalue weighted by atomic mass is 16.2. The van der Waals surface area contributed by atoms with Crippen molar-refractivity contribution in [3.05, 3.63) is 59.7 Å². The van der Waals surface area contributed by atoms with E-state index in [0.29, 0.717) is 24.1 Å². The molecule has 4 nitrogen and oxygen atoms in total. The molecule has 108 valence electrons. The van der Waals surface area contributed by atoms with Crippen LogP contribution in [-0.4, -0.2) is 24.4 Å². The summed E-state index contributed by atoms with van der Waals surface area (Å²) in [4.78, 5) is 14.1. The highest BCUT2D eigenvalue weighted by molar-refractivity contribution is 6.01. The molecule has 2 aromatic carbocycles. The van der Waals surface area contributed by atoms with E-state index in [2.05, 4.69) is 6.07 Å². The summed E-state index contributed by atoms with van der Waals surface area (Å²) >= 11 is 0. The summed E-state index contributed by atoms with van der Waals surface area (Å²) in [6.07, 6.45) is 0.291. The Hall–Kier alpha value is -3.11. The lowest BCUT2D eigenvalue weighted by molar-refractivity contribution is 0.0799. The summed E-state index contributed by atoms with van der Waals surface area (Å²) in [5.41, 5.74) is 2.53. The lowest BCUT2D eigenvalue weighted by atomic mass is 9.95. The second-order valence-corrected chi connectivity index (χ2v) is 4.84. The maximum absolute atomic E-state index is 12.6. The fourth-order valence-corrected chi connectivity index (χ4v) is 2.24. The first kappa shape index (κ1) is 15.3. The van der Waals surface area contributed by atoms with E-state index >= 15 is 0 Å². The lowest BCUT2D eigenvalue weighted by Gasteiger charge is -2.18. The van der Waals surface area contributed by atoms with E-state index in [4.69, 9.17) is 5.26 Å². The van der Waals surface area contributed by atoms with Crippen molar-refractivity contribution in [3.63, 3.8) is 0 Å². The minimum Gasteiger partial charge on any atom is -0.341 e. The van der Waals surface area contributed by atoms with Gasteiger partial charge in [0.2, 0.25) is 0 Å². The number of amides is 1. The standard InChI is InChI=1S/C18H15N3O/c1-21(12-6-11-19)18(22)17-10-5-4-9-16(17)15-8-3-2-7-14(15)13-20/h2-5,7-10H,6,12H2,1H3. The molecule has 0 heterocycles. The van der Waals surface area contributed by atoms with Crippen LogP contribution in [0.15, 0.2) is 48.5 Å². The van der Waals surface area contributed by atoms with Crippen LogP contribution in [0.1, 0.15) is 22.3 Å². The first-order valence-corrected chi connectivity index (χ1v) is 6.90. The van der Waals surface area contributed by atoms with Crippen molar-refractivity contribution in [2.24, 2.45) is 0 Å². The summed E-state index contributed by atoms with van der Waals surface area (Å²) in [7, 11) is 1.67. The number of benzene rings is 2. The Morgan fingerprint density at radius 3 is 2.36 bits per heavy atom. The Morgan fingerprint density at radius 2 is 1.68 bits per heavy atom. The van der Waals surface area contributed by atoms with Crippen molar-refractivity contribution >= 4 is 5.91 Å². The molecule has 0 spiro atoms. The number of carbonyl (C=O) groups is 1. The van der Waals surface area contributed by atoms with Crippen LogP contribution in [0.25, 0.3) is 11.1 Å². The minimum absolute atomic E-state index is 0.154. The van der Waals surface area contributed by atoms with Gasteiger partial charge in [-0.3, -0.25) is 4.79 Å². The number of rotatable bonds is 4. The molecule has 0 aromatic heterocycles. The third kappa shape index (κ3) is 3.13. The Labute approximate surface area is 129 Å². The topological polar surface area (TPSA) is 67.9 Å². The van der Waals surface area contributed by atoms with Gasteiger partial charge in [-0.1, -0.05) is 36.4 Å². The van der Waals surface area contributed by atoms with Crippen molar-refractivity contribution < 1.29 is 4.79 Å². The summed E-state index contributed by atoms with van der Waals surface area (Å²) in [5, 5.41) is 17.9. The number of nitrogens with zero attached hydrogens (tertiary/aromatic N) is 3. The summed E-state index contributed by atoms with van der Waals surface area (Å²) in [6, 6.07) is 18.6. The van der Waals surface area contributed by atoms with Gasteiger partial charge in [-0.2, -0.15) is 10.5 Å². The normalized spacial score (nSPS) is 9.59. The molecule has 2 rings (SSSR count). The van der Waals surface area contributed by atoms with E-state index in [-0.39, 0.29) is 5.91 Å². The fourth-order valence-electron chi connectivity index (χ4n) is 2.24. The lowest BCUT2D eigenvalue weighted by Crippen LogP contribution is -2.28. The van der Waals surface area contributed by atoms with Gasteiger partial charge in [0.25, 0.3) is 5.91 Å². The zero-order valence-electron chi connectivity index (χ0n) is 12.3. The molecule has 0 atom stereocenters. The van der Waals surface area contributed by atoms with E-state index < -0.39 is 0 Å². The van der Waals surface area contributed by atoms with E-state index in [0.717, 1.165) is 11.1 Å². The van der Waals surface area contributed by atoms with E-state index in [1.54, 1.807) is 31.3 Å². The average Bonchev–Trinajstić information content (AvgIpc) is 2.58. The Kier molecular flexibility index (Phi) is 4.90. The van der Waals surface area contributed by atoms with Crippen molar-refractivity contribution in [2.45, 2.75) is 6.42 Å². The molecule has 0 fully saturated rings. The van der Waals surface area contributed by atoms with Gasteiger partial charge >= 0.3 is 0 Å². The summed E-state index contributed by atoms with van der Waals surface area (Å²) in [5.74, 6) is -0.154. The highest BCUT2D eigenvalue weighted by Crippen LogP contribution is 2.27. The third-order valence-corrected chi connectivity index (χ3v) is 3.40. The van der Waals surface area contributed by atoms with Gasteiger partial charge in [0.1, 0.15) is 0 Å². The molecule has 1 amide bonds. The van der Waals surface area contributed by atoms with Gasteiger partial charge in [-0.25, -0.2) is 0 Å². The van der Waals surface area contributed by atoms with Gasteiger partial charge in [-0.05, 0) is 17.7 Å². The molecule has 0 unspecified atom stereocenters. The van der Waals surface area contributed by atoms with Gasteiger partial charge in [0.05, 0.1) is 24.1 Å². The predicted octanol–water partition coefficient (Wildman–Crippen LogP) is 3.21. The van der Waals surface area contributed by atoms with Crippen LogP contribution in [0.4, 0.5) is 0 Å². The van der Waals surface area contributed by atoms with Crippen LogP contribution < -0.4 is 0 Å². The summed E-state index contributed by atoms with van der Waals surface area (Å²) in [6.45, 7) is 0.379. The molecular weight excluding hydrogens is 274 g/mol. The molecular formula is C18H15N3O. The maximum atomic E-state index is 12.6. The average molecular weight is 289 g/mol. The van der Waals surface area contributed by atoms with Gasteiger partial charge in [-0.15, -0.1) is 0 Å². The molecule has 0 radical (unpaired) electrons. The molecule has 0 aliphatic heterocycles. The molecule has 0 saturated carbocycles. The van der Waals surface area contributed by atoms with Crippen molar-refractivity contribution in [3.8, 4) is 23.3 Å². The molecule has 0 aliphatic carbocycles. The van der Waals surface area contributed by atoms with Crippen LogP contribution in [0.3, 0.4) is 0 Å². The number of carbonyl (C=O) groups excluding carboxylic acids is 1. The first-order valence-electron chi connectivity index (χ1n) is 6.90. The number of hydrogen-bond donors (Lipinski definition) is 0. The first-order chi connectivity index (χ1) is 10.7. The van der Waals surface area contributed by atoms with Gasteiger partial charge in [0, 0.05) is 24.7 Å². The Bertz CT molecular complexity index is 768. The monoisotopic (exact) mass is 289 g/mol. The molecule has 0 bridgehead atoms. The van der Waals surface area contributed by atoms with Crippen LogP contribution in [0.5, 0.6) is 0 Å². The molecule has 22 heavy (non-hydrogen) atoms. The largest absolute Gasteiger partial charge is 0.341 e. The Morgan fingerprint density at radius 1 is 1.05 bits per heavy atom. The molecule has 4 heteroatoms. The smallest absolute Gasteiger partial charge is 0.254 e. The fraction of sp³-hybridized carbons (Fsp3) is 0.167. The quantitative estimate of drug-likeness (QED) is 0.867. The second kappa shape index (κ2) is 7.06. The molecule has 0 N–H and O–H groups in total. The van der Waals surface area contributed by atoms with E-state index in [1.807, 2.05) is 30.3 Å². The van der Waals surface area contributed by atoms with Crippen molar-refractivity contribution in [1.29, 1.82) is 10.5 Å². The molecule has 0 aliphatic rings. The van der Waals surface area contributed by atoms with Crippen LogP contribution in [0, 0.1) is 22.7 Å². The Balaban J connectivity index is 2.46. The van der Waals surface area contributed by atoms with E-state index in [1.165, 1.54) is 4.90 Å². The van der Waals surface area contributed by atoms with Gasteiger partial charge < -0.3 is 4.90 Å². The van der Waals surface area contributed by atoms with Gasteiger partial charge in [0.15, 0.2) is 0 Å². The highest BCUT2D eigenvalue weighted by Gasteiger charge is 2.17. The number of hydrogen-bond acceptors (Lipinski definition) is 3. The predicted molar refractivity (Wildman–Crippen MR) is 83.8 cm³/mol. The second-order valence-electron chi connectivity index (χ2n) is 4.84. The maximum Gasteiger partial charge on any atom is 0.254 e. The van der Waals surface area contributed by atoms with Crippen molar-refractivity contribution in [2.75, 3.05) is 13.6 Å².